The minimum atomic E-state index is 0.237. The maximum Gasteiger partial charge on any atom is 0.140 e. The minimum absolute atomic E-state index is 0.237. The largest absolute Gasteiger partial charge is 0.312 e. The van der Waals surface area contributed by atoms with Crippen molar-refractivity contribution < 1.29 is 4.79 Å². The lowest BCUT2D eigenvalue weighted by molar-refractivity contribution is -0.118. The number of thioether (sulfide) groups is 1. The van der Waals surface area contributed by atoms with Crippen molar-refractivity contribution in [1.82, 2.24) is 20.3 Å². The van der Waals surface area contributed by atoms with E-state index in [1.165, 1.54) is 0 Å². The number of ketones is 1. The molecule has 1 aromatic heterocycles. The highest BCUT2D eigenvalue weighted by Crippen LogP contribution is 2.11. The maximum absolute atomic E-state index is 11.8. The van der Waals surface area contributed by atoms with Crippen LogP contribution in [0, 0.1) is 0 Å². The van der Waals surface area contributed by atoms with Crippen LogP contribution >= 0.6 is 11.8 Å². The van der Waals surface area contributed by atoms with Crippen LogP contribution in [0.4, 0.5) is 0 Å². The summed E-state index contributed by atoms with van der Waals surface area (Å²) >= 11 is 1.91. The number of hydrogen-bond donors (Lipinski definition) is 1. The summed E-state index contributed by atoms with van der Waals surface area (Å²) in [5.41, 5.74) is 0.760. The molecule has 1 saturated heterocycles. The molecule has 0 aliphatic carbocycles. The van der Waals surface area contributed by atoms with Crippen LogP contribution in [-0.4, -0.2) is 44.9 Å². The molecule has 1 aliphatic heterocycles. The van der Waals surface area contributed by atoms with Gasteiger partial charge < -0.3 is 5.32 Å². The average Bonchev–Trinajstić information content (AvgIpc) is 2.65. The van der Waals surface area contributed by atoms with Gasteiger partial charge in [0.15, 0.2) is 0 Å². The second-order valence-electron chi connectivity index (χ2n) is 4.03. The zero-order chi connectivity index (χ0) is 11.4. The van der Waals surface area contributed by atoms with Crippen LogP contribution < -0.4 is 5.32 Å². The van der Waals surface area contributed by atoms with Crippen LogP contribution in [0.5, 0.6) is 0 Å². The predicted octanol–water partition coefficient (Wildman–Crippen LogP) is 0.0218. The Hall–Kier alpha value is -0.880. The van der Waals surface area contributed by atoms with E-state index in [1.807, 2.05) is 11.8 Å². The number of aryl methyl sites for hydroxylation is 1. The van der Waals surface area contributed by atoms with Crippen LogP contribution in [0.1, 0.15) is 12.1 Å². The summed E-state index contributed by atoms with van der Waals surface area (Å²) in [5, 5.41) is 11.1. The molecule has 2 heterocycles. The van der Waals surface area contributed by atoms with Crippen molar-refractivity contribution >= 4 is 17.5 Å². The molecule has 0 amide bonds. The van der Waals surface area contributed by atoms with Crippen LogP contribution in [0.2, 0.25) is 0 Å². The Balaban J connectivity index is 1.79. The van der Waals surface area contributed by atoms with E-state index in [1.54, 1.807) is 17.9 Å². The number of carbonyl (C=O) groups is 1. The van der Waals surface area contributed by atoms with E-state index in [-0.39, 0.29) is 5.78 Å². The van der Waals surface area contributed by atoms with E-state index in [9.17, 15) is 4.79 Å². The van der Waals surface area contributed by atoms with Crippen LogP contribution in [0.25, 0.3) is 0 Å². The molecule has 0 spiro atoms. The quantitative estimate of drug-likeness (QED) is 0.804. The molecule has 0 saturated carbocycles. The smallest absolute Gasteiger partial charge is 0.140 e. The predicted molar refractivity (Wildman–Crippen MR) is 63.4 cm³/mol. The summed E-state index contributed by atoms with van der Waals surface area (Å²) in [5.74, 6) is 2.42. The van der Waals surface area contributed by atoms with Gasteiger partial charge in [0.1, 0.15) is 5.78 Å². The zero-order valence-corrected chi connectivity index (χ0v) is 10.2. The van der Waals surface area contributed by atoms with E-state index < -0.39 is 0 Å². The third-order valence-electron chi connectivity index (χ3n) is 2.50. The lowest BCUT2D eigenvalue weighted by Gasteiger charge is -2.22. The SMILES string of the molecule is Cn1cc(CC(=O)CC2CSCCN2)nn1. The summed E-state index contributed by atoms with van der Waals surface area (Å²) in [6, 6.07) is 0.336. The number of hydrogen-bond acceptors (Lipinski definition) is 5. The normalized spacial score (nSPS) is 20.9. The Labute approximate surface area is 99.0 Å². The number of rotatable bonds is 4. The van der Waals surface area contributed by atoms with Gasteiger partial charge in [0, 0.05) is 43.8 Å². The third kappa shape index (κ3) is 3.31. The molecule has 88 valence electrons. The van der Waals surface area contributed by atoms with Crippen molar-refractivity contribution in [2.24, 2.45) is 7.05 Å². The first kappa shape index (κ1) is 11.6. The molecule has 1 unspecified atom stereocenters. The fourth-order valence-electron chi connectivity index (χ4n) is 1.78. The van der Waals surface area contributed by atoms with E-state index >= 15 is 0 Å². The van der Waals surface area contributed by atoms with Crippen LogP contribution in [0.15, 0.2) is 6.20 Å². The average molecular weight is 240 g/mol. The van der Waals surface area contributed by atoms with Gasteiger partial charge in [-0.25, -0.2) is 0 Å². The van der Waals surface area contributed by atoms with Crippen LogP contribution in [0.3, 0.4) is 0 Å². The highest BCUT2D eigenvalue weighted by atomic mass is 32.2. The fourth-order valence-corrected chi connectivity index (χ4v) is 2.73. The highest BCUT2D eigenvalue weighted by Gasteiger charge is 2.17. The first-order valence-corrected chi connectivity index (χ1v) is 6.57. The van der Waals surface area contributed by atoms with Gasteiger partial charge in [0.2, 0.25) is 0 Å². The summed E-state index contributed by atoms with van der Waals surface area (Å²) in [6.45, 7) is 1.01. The second kappa shape index (κ2) is 5.45. The summed E-state index contributed by atoms with van der Waals surface area (Å²) in [7, 11) is 1.81. The first-order valence-electron chi connectivity index (χ1n) is 5.42. The molecule has 1 N–H and O–H groups in total. The molecule has 5 nitrogen and oxygen atoms in total. The minimum Gasteiger partial charge on any atom is -0.312 e. The van der Waals surface area contributed by atoms with Crippen molar-refractivity contribution in [3.05, 3.63) is 11.9 Å². The van der Waals surface area contributed by atoms with Gasteiger partial charge in [-0.15, -0.1) is 5.10 Å². The summed E-state index contributed by atoms with van der Waals surface area (Å²) in [6.07, 6.45) is 2.79. The number of Topliss-reactive ketones (excluding diaryl/α,β-unsaturated/α-hetero) is 1. The Bertz CT molecular complexity index is 359. The molecule has 0 radical (unpaired) electrons. The molecule has 1 atom stereocenters. The fraction of sp³-hybridized carbons (Fsp3) is 0.700. The van der Waals surface area contributed by atoms with Gasteiger partial charge in [-0.3, -0.25) is 9.48 Å². The molecular formula is C10H16N4OS. The molecule has 1 aliphatic rings. The first-order chi connectivity index (χ1) is 7.74. The van der Waals surface area contributed by atoms with E-state index in [0.717, 1.165) is 23.7 Å². The lowest BCUT2D eigenvalue weighted by Crippen LogP contribution is -2.39. The molecule has 0 bridgehead atoms. The summed E-state index contributed by atoms with van der Waals surface area (Å²) < 4.78 is 1.62. The van der Waals surface area contributed by atoms with Gasteiger partial charge in [-0.2, -0.15) is 11.8 Å². The molecular weight excluding hydrogens is 224 g/mol. The van der Waals surface area contributed by atoms with Crippen LogP contribution in [-0.2, 0) is 18.3 Å². The van der Waals surface area contributed by atoms with Gasteiger partial charge >= 0.3 is 0 Å². The molecule has 6 heteroatoms. The topological polar surface area (TPSA) is 59.8 Å². The zero-order valence-electron chi connectivity index (χ0n) is 9.35. The van der Waals surface area contributed by atoms with Gasteiger partial charge in [0.25, 0.3) is 0 Å². The Kier molecular flexibility index (Phi) is 3.95. The lowest BCUT2D eigenvalue weighted by atomic mass is 10.1. The number of aromatic nitrogens is 3. The Morgan fingerprint density at radius 3 is 3.25 bits per heavy atom. The summed E-state index contributed by atoms with van der Waals surface area (Å²) in [4.78, 5) is 11.8. The van der Waals surface area contributed by atoms with E-state index in [2.05, 4.69) is 15.6 Å². The Morgan fingerprint density at radius 2 is 2.62 bits per heavy atom. The van der Waals surface area contributed by atoms with Crippen molar-refractivity contribution in [2.45, 2.75) is 18.9 Å². The van der Waals surface area contributed by atoms with E-state index in [4.69, 9.17) is 0 Å². The molecule has 0 aromatic carbocycles. The monoisotopic (exact) mass is 240 g/mol. The molecule has 2 rings (SSSR count). The molecule has 1 aromatic rings. The Morgan fingerprint density at radius 1 is 1.75 bits per heavy atom. The third-order valence-corrected chi connectivity index (χ3v) is 3.63. The number of carbonyl (C=O) groups excluding carboxylic acids is 1. The molecule has 16 heavy (non-hydrogen) atoms. The highest BCUT2D eigenvalue weighted by molar-refractivity contribution is 7.99. The standard InChI is InChI=1S/C10H16N4OS/c1-14-6-8(12-13-14)4-10(15)5-9-7-16-3-2-11-9/h6,9,11H,2-5,7H2,1H3. The van der Waals surface area contributed by atoms with Gasteiger partial charge in [-0.1, -0.05) is 5.21 Å². The molecule has 1 fully saturated rings. The van der Waals surface area contributed by atoms with Gasteiger partial charge in [0.05, 0.1) is 12.1 Å². The van der Waals surface area contributed by atoms with Crippen molar-refractivity contribution in [1.29, 1.82) is 0 Å². The number of nitrogens with one attached hydrogen (secondary N) is 1. The maximum atomic E-state index is 11.8. The van der Waals surface area contributed by atoms with E-state index in [0.29, 0.717) is 18.9 Å². The number of nitrogens with zero attached hydrogens (tertiary/aromatic N) is 3. The van der Waals surface area contributed by atoms with Crippen molar-refractivity contribution in [3.8, 4) is 0 Å². The van der Waals surface area contributed by atoms with Crippen molar-refractivity contribution in [3.63, 3.8) is 0 Å². The van der Waals surface area contributed by atoms with Gasteiger partial charge in [-0.05, 0) is 0 Å². The van der Waals surface area contributed by atoms with Crippen molar-refractivity contribution in [2.75, 3.05) is 18.1 Å². The second-order valence-corrected chi connectivity index (χ2v) is 5.18.